The van der Waals surface area contributed by atoms with E-state index in [4.69, 9.17) is 9.47 Å². The molecule has 140 valence electrons. The van der Waals surface area contributed by atoms with Crippen LogP contribution >= 0.6 is 0 Å². The van der Waals surface area contributed by atoms with E-state index in [2.05, 4.69) is 58.1 Å². The van der Waals surface area contributed by atoms with Crippen molar-refractivity contribution in [3.63, 3.8) is 0 Å². The summed E-state index contributed by atoms with van der Waals surface area (Å²) in [6, 6.07) is 20.6. The second-order valence-corrected chi connectivity index (χ2v) is 6.11. The largest absolute Gasteiger partial charge is 0.493 e. The smallest absolute Gasteiger partial charge is 0.191 e. The van der Waals surface area contributed by atoms with Crippen LogP contribution in [-0.2, 0) is 13.1 Å². The molecule has 0 saturated heterocycles. The van der Waals surface area contributed by atoms with Gasteiger partial charge in [0.15, 0.2) is 17.5 Å². The summed E-state index contributed by atoms with van der Waals surface area (Å²) in [5.74, 6) is 2.19. The lowest BCUT2D eigenvalue weighted by molar-refractivity contribution is 0.354. The van der Waals surface area contributed by atoms with Gasteiger partial charge in [0, 0.05) is 20.1 Å². The molecule has 0 fully saturated rings. The van der Waals surface area contributed by atoms with Crippen molar-refractivity contribution >= 4 is 16.7 Å². The maximum atomic E-state index is 5.36. The Kier molecular flexibility index (Phi) is 6.15. The molecule has 0 aliphatic carbocycles. The van der Waals surface area contributed by atoms with Crippen LogP contribution in [0.2, 0.25) is 0 Å². The monoisotopic (exact) mass is 363 g/mol. The van der Waals surface area contributed by atoms with Crippen LogP contribution in [0.25, 0.3) is 10.8 Å². The van der Waals surface area contributed by atoms with Gasteiger partial charge in [-0.25, -0.2) is 0 Å². The molecule has 2 N–H and O–H groups in total. The average Bonchev–Trinajstić information content (AvgIpc) is 2.73. The van der Waals surface area contributed by atoms with Crippen LogP contribution in [0.4, 0.5) is 0 Å². The van der Waals surface area contributed by atoms with Crippen LogP contribution in [0.5, 0.6) is 11.5 Å². The van der Waals surface area contributed by atoms with E-state index in [-0.39, 0.29) is 0 Å². The van der Waals surface area contributed by atoms with Gasteiger partial charge < -0.3 is 20.1 Å². The highest BCUT2D eigenvalue weighted by Crippen LogP contribution is 2.27. The molecule has 5 nitrogen and oxygen atoms in total. The average molecular weight is 363 g/mol. The van der Waals surface area contributed by atoms with Crippen LogP contribution in [0.3, 0.4) is 0 Å². The zero-order chi connectivity index (χ0) is 19.1. The number of rotatable bonds is 6. The Balaban J connectivity index is 1.63. The van der Waals surface area contributed by atoms with Crippen LogP contribution in [0, 0.1) is 0 Å². The van der Waals surface area contributed by atoms with E-state index in [0.29, 0.717) is 13.1 Å². The van der Waals surface area contributed by atoms with E-state index in [0.717, 1.165) is 23.0 Å². The third-order valence-electron chi connectivity index (χ3n) is 4.46. The first-order valence-corrected chi connectivity index (χ1v) is 8.87. The Bertz CT molecular complexity index is 932. The minimum Gasteiger partial charge on any atom is -0.493 e. The summed E-state index contributed by atoms with van der Waals surface area (Å²) in [6.45, 7) is 1.34. The van der Waals surface area contributed by atoms with Crippen molar-refractivity contribution in [2.24, 2.45) is 4.99 Å². The number of guanidine groups is 1. The van der Waals surface area contributed by atoms with Gasteiger partial charge in [-0.1, -0.05) is 48.5 Å². The minimum absolute atomic E-state index is 0.634. The number of fused-ring (bicyclic) bond motifs is 1. The highest BCUT2D eigenvalue weighted by molar-refractivity contribution is 5.86. The first-order chi connectivity index (χ1) is 13.2. The lowest BCUT2D eigenvalue weighted by Gasteiger charge is -2.14. The molecule has 0 bridgehead atoms. The predicted molar refractivity (Wildman–Crippen MR) is 111 cm³/mol. The highest BCUT2D eigenvalue weighted by Gasteiger charge is 2.06. The van der Waals surface area contributed by atoms with Gasteiger partial charge in [-0.3, -0.25) is 4.99 Å². The molecule has 0 heterocycles. The summed E-state index contributed by atoms with van der Waals surface area (Å²) in [4.78, 5) is 4.31. The predicted octanol–water partition coefficient (Wildman–Crippen LogP) is 3.72. The number of hydrogen-bond acceptors (Lipinski definition) is 3. The molecule has 0 spiro atoms. The molecular weight excluding hydrogens is 338 g/mol. The first kappa shape index (κ1) is 18.6. The molecular formula is C22H25N3O2. The Labute approximate surface area is 160 Å². The lowest BCUT2D eigenvalue weighted by Crippen LogP contribution is -2.36. The van der Waals surface area contributed by atoms with Crippen molar-refractivity contribution in [2.75, 3.05) is 21.3 Å². The van der Waals surface area contributed by atoms with Crippen molar-refractivity contribution < 1.29 is 9.47 Å². The molecule has 0 aromatic heterocycles. The minimum atomic E-state index is 0.634. The number of nitrogens with zero attached hydrogens (tertiary/aromatic N) is 1. The van der Waals surface area contributed by atoms with E-state index >= 15 is 0 Å². The Hall–Kier alpha value is -3.21. The van der Waals surface area contributed by atoms with Crippen molar-refractivity contribution in [3.8, 4) is 11.5 Å². The van der Waals surface area contributed by atoms with Crippen LogP contribution in [-0.4, -0.2) is 27.2 Å². The van der Waals surface area contributed by atoms with E-state index < -0.39 is 0 Å². The van der Waals surface area contributed by atoms with Gasteiger partial charge in [0.05, 0.1) is 14.2 Å². The molecule has 3 aromatic carbocycles. The van der Waals surface area contributed by atoms with E-state index in [1.807, 2.05) is 18.2 Å². The summed E-state index contributed by atoms with van der Waals surface area (Å²) < 4.78 is 10.6. The third kappa shape index (κ3) is 4.50. The fourth-order valence-electron chi connectivity index (χ4n) is 3.02. The van der Waals surface area contributed by atoms with Gasteiger partial charge in [-0.2, -0.15) is 0 Å². The van der Waals surface area contributed by atoms with Crippen LogP contribution in [0.15, 0.2) is 65.7 Å². The molecule has 0 amide bonds. The van der Waals surface area contributed by atoms with Crippen molar-refractivity contribution in [1.29, 1.82) is 0 Å². The number of aliphatic imine (C=N–C) groups is 1. The van der Waals surface area contributed by atoms with Crippen molar-refractivity contribution in [2.45, 2.75) is 13.1 Å². The second-order valence-electron chi connectivity index (χ2n) is 6.11. The van der Waals surface area contributed by atoms with Crippen LogP contribution < -0.4 is 20.1 Å². The van der Waals surface area contributed by atoms with E-state index in [9.17, 15) is 0 Å². The summed E-state index contributed by atoms with van der Waals surface area (Å²) in [7, 11) is 5.04. The van der Waals surface area contributed by atoms with E-state index in [1.165, 1.54) is 16.3 Å². The van der Waals surface area contributed by atoms with Crippen molar-refractivity contribution in [1.82, 2.24) is 10.6 Å². The van der Waals surface area contributed by atoms with Gasteiger partial charge >= 0.3 is 0 Å². The molecule has 0 aliphatic heterocycles. The summed E-state index contributed by atoms with van der Waals surface area (Å²) in [5, 5.41) is 9.21. The normalized spacial score (nSPS) is 11.3. The molecule has 0 aliphatic rings. The maximum absolute atomic E-state index is 5.36. The Morgan fingerprint density at radius 2 is 1.59 bits per heavy atom. The summed E-state index contributed by atoms with van der Waals surface area (Å²) in [5.41, 5.74) is 2.32. The third-order valence-corrected chi connectivity index (χ3v) is 4.46. The van der Waals surface area contributed by atoms with Gasteiger partial charge in [-0.05, 0) is 34.0 Å². The molecule has 5 heteroatoms. The maximum Gasteiger partial charge on any atom is 0.191 e. The standard InChI is InChI=1S/C22H25N3O2/c1-23-22(24-14-16-11-12-20(26-2)21(13-16)27-3)25-15-18-9-6-8-17-7-4-5-10-19(17)18/h4-13H,14-15H2,1-3H3,(H2,23,24,25). The van der Waals surface area contributed by atoms with Gasteiger partial charge in [0.2, 0.25) is 0 Å². The fraction of sp³-hybridized carbons (Fsp3) is 0.227. The number of ether oxygens (including phenoxy) is 2. The Morgan fingerprint density at radius 3 is 2.37 bits per heavy atom. The second kappa shape index (κ2) is 8.94. The van der Waals surface area contributed by atoms with Crippen LogP contribution in [0.1, 0.15) is 11.1 Å². The SMILES string of the molecule is CN=C(NCc1ccc(OC)c(OC)c1)NCc1cccc2ccccc12. The topological polar surface area (TPSA) is 54.9 Å². The number of methoxy groups -OCH3 is 2. The van der Waals surface area contributed by atoms with Gasteiger partial charge in [0.25, 0.3) is 0 Å². The lowest BCUT2D eigenvalue weighted by atomic mass is 10.0. The molecule has 27 heavy (non-hydrogen) atoms. The Morgan fingerprint density at radius 1 is 0.852 bits per heavy atom. The zero-order valence-electron chi connectivity index (χ0n) is 16.0. The zero-order valence-corrected chi connectivity index (χ0v) is 16.0. The molecule has 0 saturated carbocycles. The molecule has 0 radical (unpaired) electrons. The molecule has 3 aromatic rings. The summed E-state index contributed by atoms with van der Waals surface area (Å²) >= 11 is 0. The van der Waals surface area contributed by atoms with Gasteiger partial charge in [0.1, 0.15) is 0 Å². The van der Waals surface area contributed by atoms with Gasteiger partial charge in [-0.15, -0.1) is 0 Å². The summed E-state index contributed by atoms with van der Waals surface area (Å²) in [6.07, 6.45) is 0. The van der Waals surface area contributed by atoms with Crippen molar-refractivity contribution in [3.05, 3.63) is 71.8 Å². The van der Waals surface area contributed by atoms with E-state index in [1.54, 1.807) is 21.3 Å². The molecule has 0 atom stereocenters. The molecule has 0 unspecified atom stereocenters. The quantitative estimate of drug-likeness (QED) is 0.518. The number of nitrogens with one attached hydrogen (secondary N) is 2. The molecule has 3 rings (SSSR count). The highest BCUT2D eigenvalue weighted by atomic mass is 16.5. The fourth-order valence-corrected chi connectivity index (χ4v) is 3.02. The number of benzene rings is 3. The number of hydrogen-bond donors (Lipinski definition) is 2. The first-order valence-electron chi connectivity index (χ1n) is 8.87.